The van der Waals surface area contributed by atoms with E-state index < -0.39 is 15.8 Å². The Kier molecular flexibility index (Phi) is 8.02. The van der Waals surface area contributed by atoms with Gasteiger partial charge in [-0.25, -0.2) is 0 Å². The Morgan fingerprint density at radius 1 is 0.556 bits per heavy atom. The lowest BCUT2D eigenvalue weighted by Crippen LogP contribution is -2.34. The molecule has 0 radical (unpaired) electrons. The highest BCUT2D eigenvalue weighted by Gasteiger charge is 2.44. The maximum Gasteiger partial charge on any atom is 0.126 e. The van der Waals surface area contributed by atoms with Crippen LogP contribution in [0.15, 0.2) is 109 Å². The van der Waals surface area contributed by atoms with Gasteiger partial charge in [0.2, 0.25) is 0 Å². The molecule has 3 unspecified atom stereocenters. The molecule has 36 heavy (non-hydrogen) atoms. The summed E-state index contributed by atoms with van der Waals surface area (Å²) in [5.74, 6) is 1.98. The first-order chi connectivity index (χ1) is 17.7. The van der Waals surface area contributed by atoms with Crippen LogP contribution in [0.25, 0.3) is 0 Å². The van der Waals surface area contributed by atoms with Gasteiger partial charge in [0.15, 0.2) is 0 Å². The van der Waals surface area contributed by atoms with Crippen LogP contribution >= 0.6 is 15.8 Å². The molecule has 0 aliphatic carbocycles. The Morgan fingerprint density at radius 3 is 1.31 bits per heavy atom. The highest BCUT2D eigenvalue weighted by Crippen LogP contribution is 2.55. The summed E-state index contributed by atoms with van der Waals surface area (Å²) >= 11 is 0. The van der Waals surface area contributed by atoms with Crippen LogP contribution < -0.4 is 30.7 Å². The highest BCUT2D eigenvalue weighted by atomic mass is 31.1. The summed E-state index contributed by atoms with van der Waals surface area (Å²) in [4.78, 5) is 2.52. The van der Waals surface area contributed by atoms with Crippen LogP contribution in [0.5, 0.6) is 11.5 Å². The van der Waals surface area contributed by atoms with Crippen molar-refractivity contribution in [2.45, 2.75) is 11.3 Å². The van der Waals surface area contributed by atoms with E-state index in [4.69, 9.17) is 9.47 Å². The van der Waals surface area contributed by atoms with E-state index in [1.165, 1.54) is 21.2 Å². The smallest absolute Gasteiger partial charge is 0.126 e. The second-order valence-corrected chi connectivity index (χ2v) is 13.9. The Labute approximate surface area is 217 Å². The maximum atomic E-state index is 5.92. The van der Waals surface area contributed by atoms with Crippen molar-refractivity contribution in [1.82, 2.24) is 4.90 Å². The van der Waals surface area contributed by atoms with Gasteiger partial charge in [-0.2, -0.15) is 0 Å². The van der Waals surface area contributed by atoms with Gasteiger partial charge in [-0.05, 0) is 45.6 Å². The molecule has 0 amide bonds. The van der Waals surface area contributed by atoms with Gasteiger partial charge in [0.05, 0.1) is 14.2 Å². The monoisotopic (exact) mass is 513 g/mol. The lowest BCUT2D eigenvalue weighted by Gasteiger charge is -2.35. The molecule has 4 aromatic rings. The van der Waals surface area contributed by atoms with Crippen molar-refractivity contribution < 1.29 is 9.47 Å². The van der Waals surface area contributed by atoms with Crippen molar-refractivity contribution in [3.05, 3.63) is 109 Å². The number of rotatable bonds is 8. The maximum absolute atomic E-state index is 5.92. The van der Waals surface area contributed by atoms with Crippen LogP contribution in [-0.2, 0) is 0 Å². The van der Waals surface area contributed by atoms with E-state index in [0.29, 0.717) is 11.3 Å². The second-order valence-electron chi connectivity index (χ2n) is 9.11. The Hall–Kier alpha value is -2.70. The molecule has 5 rings (SSSR count). The minimum atomic E-state index is -0.663. The summed E-state index contributed by atoms with van der Waals surface area (Å²) < 4.78 is 11.8. The molecule has 0 spiro atoms. The predicted octanol–water partition coefficient (Wildman–Crippen LogP) is 4.95. The van der Waals surface area contributed by atoms with E-state index in [1.54, 1.807) is 14.2 Å². The SMILES string of the molecule is COc1ccccc1P(c1ccccc1)C1CN(C)CC1[P@@](c1ccccc1)c1ccccc1OC. The molecular formula is C31H33NO2P2. The van der Waals surface area contributed by atoms with Gasteiger partial charge in [0.1, 0.15) is 11.5 Å². The molecule has 5 heteroatoms. The van der Waals surface area contributed by atoms with Gasteiger partial charge in [-0.3, -0.25) is 0 Å². The third kappa shape index (κ3) is 5.07. The van der Waals surface area contributed by atoms with Crippen LogP contribution in [0.4, 0.5) is 0 Å². The summed E-state index contributed by atoms with van der Waals surface area (Å²) in [6, 6.07) is 39.4. The van der Waals surface area contributed by atoms with E-state index >= 15 is 0 Å². The molecule has 0 N–H and O–H groups in total. The molecule has 1 aliphatic heterocycles. The van der Waals surface area contributed by atoms with E-state index in [-0.39, 0.29) is 0 Å². The number of ether oxygens (including phenoxy) is 2. The van der Waals surface area contributed by atoms with Crippen LogP contribution in [-0.4, -0.2) is 50.6 Å². The third-order valence-corrected chi connectivity index (χ3v) is 13.0. The Morgan fingerprint density at radius 2 is 0.917 bits per heavy atom. The van der Waals surface area contributed by atoms with Crippen molar-refractivity contribution in [3.8, 4) is 11.5 Å². The number of benzene rings is 4. The molecule has 3 nitrogen and oxygen atoms in total. The quantitative estimate of drug-likeness (QED) is 0.311. The molecular weight excluding hydrogens is 480 g/mol. The van der Waals surface area contributed by atoms with Gasteiger partial charge in [-0.15, -0.1) is 0 Å². The van der Waals surface area contributed by atoms with E-state index in [1.807, 2.05) is 0 Å². The average Bonchev–Trinajstić information content (AvgIpc) is 3.31. The summed E-state index contributed by atoms with van der Waals surface area (Å²) in [7, 11) is 4.53. The molecule has 1 saturated heterocycles. The third-order valence-electron chi connectivity index (χ3n) is 6.86. The summed E-state index contributed by atoms with van der Waals surface area (Å²) in [6.07, 6.45) is 0. The molecule has 1 heterocycles. The molecule has 0 aromatic heterocycles. The lowest BCUT2D eigenvalue weighted by molar-refractivity contribution is 0.417. The Balaban J connectivity index is 1.69. The predicted molar refractivity (Wildman–Crippen MR) is 156 cm³/mol. The average molecular weight is 514 g/mol. The fraction of sp³-hybridized carbons (Fsp3) is 0.226. The van der Waals surface area contributed by atoms with Crippen molar-refractivity contribution >= 4 is 37.1 Å². The largest absolute Gasteiger partial charge is 0.496 e. The van der Waals surface area contributed by atoms with Gasteiger partial charge in [0, 0.05) is 35.0 Å². The highest BCUT2D eigenvalue weighted by molar-refractivity contribution is 7.77. The minimum Gasteiger partial charge on any atom is -0.496 e. The van der Waals surface area contributed by atoms with E-state index in [0.717, 1.165) is 24.6 Å². The lowest BCUT2D eigenvalue weighted by atomic mass is 10.3. The van der Waals surface area contributed by atoms with Gasteiger partial charge >= 0.3 is 0 Å². The van der Waals surface area contributed by atoms with Crippen LogP contribution in [0.2, 0.25) is 0 Å². The second kappa shape index (κ2) is 11.6. The summed E-state index contributed by atoms with van der Waals surface area (Å²) in [5, 5.41) is 5.47. The zero-order valence-corrected chi connectivity index (χ0v) is 22.9. The first kappa shape index (κ1) is 25.0. The first-order valence-electron chi connectivity index (χ1n) is 12.3. The van der Waals surface area contributed by atoms with Gasteiger partial charge in [-0.1, -0.05) is 97.1 Å². The van der Waals surface area contributed by atoms with Crippen molar-refractivity contribution in [2.24, 2.45) is 0 Å². The molecule has 1 aliphatic rings. The minimum absolute atomic E-state index is 0.472. The zero-order valence-electron chi connectivity index (χ0n) is 21.1. The normalized spacial score (nSPS) is 19.5. The van der Waals surface area contributed by atoms with Gasteiger partial charge < -0.3 is 14.4 Å². The Bertz CT molecular complexity index is 1170. The molecule has 0 saturated carbocycles. The van der Waals surface area contributed by atoms with E-state index in [9.17, 15) is 0 Å². The molecule has 4 atom stereocenters. The molecule has 0 bridgehead atoms. The van der Waals surface area contributed by atoms with Crippen molar-refractivity contribution in [3.63, 3.8) is 0 Å². The van der Waals surface area contributed by atoms with Gasteiger partial charge in [0.25, 0.3) is 0 Å². The standard InChI is InChI=1S/C31H33NO2P2/c1-32-22-30(35(24-14-6-4-7-15-24)28-20-12-10-18-26(28)33-2)31(23-32)36(25-16-8-5-9-17-25)29-21-13-11-19-27(29)34-3/h4-21,30-31H,22-23H2,1-3H3/t30?,31?,35-,36?/m0/s1. The van der Waals surface area contributed by atoms with Crippen molar-refractivity contribution in [2.75, 3.05) is 34.4 Å². The van der Waals surface area contributed by atoms with Crippen LogP contribution in [0, 0.1) is 0 Å². The zero-order chi connectivity index (χ0) is 24.9. The molecule has 4 aromatic carbocycles. The van der Waals surface area contributed by atoms with Crippen LogP contribution in [0.1, 0.15) is 0 Å². The number of nitrogens with zero attached hydrogens (tertiary/aromatic N) is 1. The number of methoxy groups -OCH3 is 2. The van der Waals surface area contributed by atoms with E-state index in [2.05, 4.69) is 121 Å². The number of para-hydroxylation sites is 2. The number of hydrogen-bond donors (Lipinski definition) is 0. The fourth-order valence-corrected chi connectivity index (χ4v) is 12.2. The molecule has 1 fully saturated rings. The summed E-state index contributed by atoms with van der Waals surface area (Å²) in [5.41, 5.74) is 0.944. The number of likely N-dealkylation sites (tertiary alicyclic amines) is 1. The topological polar surface area (TPSA) is 21.7 Å². The van der Waals surface area contributed by atoms with Crippen molar-refractivity contribution in [1.29, 1.82) is 0 Å². The summed E-state index contributed by atoms with van der Waals surface area (Å²) in [6.45, 7) is 2.12. The fourth-order valence-electron chi connectivity index (χ4n) is 5.32. The molecule has 184 valence electrons. The number of hydrogen-bond acceptors (Lipinski definition) is 3. The first-order valence-corrected chi connectivity index (χ1v) is 15.2. The van der Waals surface area contributed by atoms with Crippen LogP contribution in [0.3, 0.4) is 0 Å².